The molecule has 0 radical (unpaired) electrons. The summed E-state index contributed by atoms with van der Waals surface area (Å²) in [5.74, 6) is 0. The van der Waals surface area contributed by atoms with Crippen molar-refractivity contribution >= 4 is 79.0 Å². The van der Waals surface area contributed by atoms with Crippen LogP contribution < -0.4 is 0 Å². The van der Waals surface area contributed by atoms with E-state index in [0.717, 1.165) is 12.8 Å². The second-order valence-electron chi connectivity index (χ2n) is 8.14. The molecule has 5 heteroatoms. The topological polar surface area (TPSA) is 9.23 Å². The first-order valence-electron chi connectivity index (χ1n) is 10.5. The maximum atomic E-state index is 7.50. The van der Waals surface area contributed by atoms with E-state index in [2.05, 4.69) is 80.4 Å². The van der Waals surface area contributed by atoms with Gasteiger partial charge in [-0.15, -0.1) is 0 Å². The van der Waals surface area contributed by atoms with Gasteiger partial charge in [-0.05, 0) is 0 Å². The van der Waals surface area contributed by atoms with E-state index in [1.807, 2.05) is 0 Å². The number of ether oxygens (including phenoxy) is 1. The van der Waals surface area contributed by atoms with Crippen LogP contribution in [0.1, 0.15) is 49.7 Å². The molecular formula is C24H28Br2OPo2. The number of benzene rings is 2. The van der Waals surface area contributed by atoms with Gasteiger partial charge in [-0.3, -0.25) is 0 Å². The number of hydrogen-bond acceptors (Lipinski definition) is 1. The van der Waals surface area contributed by atoms with Crippen LogP contribution in [0.15, 0.2) is 57.5 Å². The van der Waals surface area contributed by atoms with Crippen molar-refractivity contribution in [2.24, 2.45) is 0 Å². The third-order valence-electron chi connectivity index (χ3n) is 5.78. The molecule has 156 valence electrons. The van der Waals surface area contributed by atoms with Gasteiger partial charge in [0.05, 0.1) is 0 Å². The minimum absolute atomic E-state index is 0.207. The van der Waals surface area contributed by atoms with Gasteiger partial charge in [-0.2, -0.15) is 0 Å². The molecule has 2 aromatic carbocycles. The van der Waals surface area contributed by atoms with Gasteiger partial charge in [0.25, 0.3) is 0 Å². The average Bonchev–Trinajstić information content (AvgIpc) is 2.73. The molecule has 0 aliphatic carbocycles. The third kappa shape index (κ3) is 6.58. The summed E-state index contributed by atoms with van der Waals surface area (Å²) in [6, 6.07) is 18.0. The molecule has 2 saturated heterocycles. The van der Waals surface area contributed by atoms with Crippen LogP contribution >= 0.6 is 31.9 Å². The Kier molecular flexibility index (Phi) is 8.72. The molecule has 0 N–H and O–H groups in total. The molecule has 4 rings (SSSR count). The van der Waals surface area contributed by atoms with E-state index in [9.17, 15) is 0 Å². The number of halogens is 2. The van der Waals surface area contributed by atoms with Crippen LogP contribution in [0.4, 0.5) is 0 Å². The number of rotatable bonds is 6. The summed E-state index contributed by atoms with van der Waals surface area (Å²) in [6.45, 7) is 0. The third-order valence-corrected chi connectivity index (χ3v) is 18.1. The second-order valence-corrected chi connectivity index (χ2v) is 21.2. The van der Waals surface area contributed by atoms with Gasteiger partial charge in [0.2, 0.25) is 0 Å². The Morgan fingerprint density at radius 2 is 1.07 bits per heavy atom. The van der Waals surface area contributed by atoms with Gasteiger partial charge in [0.1, 0.15) is 0 Å². The Hall–Kier alpha value is 1.15. The van der Waals surface area contributed by atoms with Crippen molar-refractivity contribution < 1.29 is 4.74 Å². The first-order valence-corrected chi connectivity index (χ1v) is 19.8. The van der Waals surface area contributed by atoms with Gasteiger partial charge in [0.15, 0.2) is 0 Å². The van der Waals surface area contributed by atoms with Crippen LogP contribution in [0.3, 0.4) is 0 Å². The summed E-state index contributed by atoms with van der Waals surface area (Å²) in [5.41, 5.74) is 2.93. The fourth-order valence-electron chi connectivity index (χ4n) is 4.33. The zero-order valence-corrected chi connectivity index (χ0v) is 26.2. The van der Waals surface area contributed by atoms with E-state index in [1.165, 1.54) is 66.8 Å². The average molecular weight is 910 g/mol. The van der Waals surface area contributed by atoms with Gasteiger partial charge < -0.3 is 0 Å². The van der Waals surface area contributed by atoms with Crippen molar-refractivity contribution in [3.8, 4) is 0 Å². The van der Waals surface area contributed by atoms with Crippen molar-refractivity contribution in [3.63, 3.8) is 0 Å². The predicted octanol–water partition coefficient (Wildman–Crippen LogP) is 7.02. The monoisotopic (exact) mass is 908 g/mol. The normalized spacial score (nSPS) is 27.7. The Bertz CT molecular complexity index is 712. The van der Waals surface area contributed by atoms with E-state index in [4.69, 9.17) is 4.74 Å². The fraction of sp³-hybridized carbons (Fsp3) is 0.500. The summed E-state index contributed by atoms with van der Waals surface area (Å²) in [7, 11) is 0. The predicted molar refractivity (Wildman–Crippen MR) is 131 cm³/mol. The SMILES string of the molecule is Brc1ccc(C[C]2(O[C]3(Cc4ccc(Br)cc4)CCC[CH2][Po]3)CCC[CH2][Po]2)cc1. The van der Waals surface area contributed by atoms with E-state index in [-0.39, 0.29) is 6.52 Å². The molecule has 2 unspecified atom stereocenters. The zero-order chi connectivity index (χ0) is 20.2. The molecule has 0 bridgehead atoms. The molecule has 2 aliphatic heterocycles. The fourth-order valence-corrected chi connectivity index (χ4v) is 17.5. The van der Waals surface area contributed by atoms with Crippen LogP contribution in [-0.4, -0.2) is 53.7 Å². The first kappa shape index (κ1) is 23.3. The molecule has 0 spiro atoms. The zero-order valence-electron chi connectivity index (χ0n) is 16.7. The van der Waals surface area contributed by atoms with E-state index in [1.54, 1.807) is 0 Å². The molecule has 0 saturated carbocycles. The van der Waals surface area contributed by atoms with E-state index >= 15 is 0 Å². The Balaban J connectivity index is 1.59. The first-order chi connectivity index (χ1) is 14.1. The standard InChI is InChI=1S/C24H28Br2O.2Po/c1-3-5-7-23(17-19-9-13-21(25)14-10-19)27-24(8-6-4-2)18-20-11-15-22(26)16-12-20;;/h9-16H,1-8,17-18H2;;. The van der Waals surface area contributed by atoms with Crippen LogP contribution in [0, 0.1) is 0 Å². The van der Waals surface area contributed by atoms with Gasteiger partial charge >= 0.3 is 218 Å². The Morgan fingerprint density at radius 1 is 0.655 bits per heavy atom. The quantitative estimate of drug-likeness (QED) is 0.303. The van der Waals surface area contributed by atoms with Gasteiger partial charge in [-0.1, -0.05) is 0 Å². The number of hydrogen-bond donors (Lipinski definition) is 0. The molecule has 0 amide bonds. The van der Waals surface area contributed by atoms with Crippen LogP contribution in [0.25, 0.3) is 0 Å². The summed E-state index contributed by atoms with van der Waals surface area (Å²) in [5, 5.41) is 0. The Labute approximate surface area is 216 Å². The van der Waals surface area contributed by atoms with Gasteiger partial charge in [-0.25, -0.2) is 0 Å². The molecule has 1 nitrogen and oxygen atoms in total. The molecule has 0 aromatic heterocycles. The van der Waals surface area contributed by atoms with Crippen LogP contribution in [0.2, 0.25) is 8.16 Å². The van der Waals surface area contributed by atoms with Crippen molar-refractivity contribution in [1.82, 2.24) is 0 Å². The van der Waals surface area contributed by atoms with E-state index < -0.39 is 47.1 Å². The minimum atomic E-state index is -0.522. The maximum absolute atomic E-state index is 7.50. The Morgan fingerprint density at radius 3 is 1.41 bits per heavy atom. The van der Waals surface area contributed by atoms with Crippen molar-refractivity contribution in [1.29, 1.82) is 0 Å². The van der Waals surface area contributed by atoms with Crippen LogP contribution in [0.5, 0.6) is 0 Å². The molecule has 2 fully saturated rings. The summed E-state index contributed by atoms with van der Waals surface area (Å²) < 4.78 is 13.2. The van der Waals surface area contributed by atoms with Crippen molar-refractivity contribution in [2.45, 2.75) is 66.0 Å². The van der Waals surface area contributed by atoms with Crippen LogP contribution in [-0.2, 0) is 17.6 Å². The molecule has 2 heterocycles. The molecule has 2 aromatic rings. The molecular weight excluding hydrogens is 882 g/mol. The molecule has 2 aliphatic rings. The van der Waals surface area contributed by atoms with Crippen molar-refractivity contribution in [3.05, 3.63) is 68.6 Å². The molecule has 2 atom stereocenters. The van der Waals surface area contributed by atoms with E-state index in [0.29, 0.717) is 0 Å². The molecule has 29 heavy (non-hydrogen) atoms. The van der Waals surface area contributed by atoms with Gasteiger partial charge in [0, 0.05) is 0 Å². The van der Waals surface area contributed by atoms with Crippen molar-refractivity contribution in [2.75, 3.05) is 0 Å². The summed E-state index contributed by atoms with van der Waals surface area (Å²) in [6.07, 6.45) is 10.5. The summed E-state index contributed by atoms with van der Waals surface area (Å²) >= 11 is 6.15. The summed E-state index contributed by atoms with van der Waals surface area (Å²) in [4.78, 5) is 0. The second kappa shape index (κ2) is 10.8.